The Balaban J connectivity index is 2.06. The molecule has 9 heteroatoms. The van der Waals surface area contributed by atoms with Crippen molar-refractivity contribution >= 4 is 16.7 Å². The average molecular weight is 486 g/mol. The van der Waals surface area contributed by atoms with Crippen LogP contribution in [-0.4, -0.2) is 58.5 Å². The maximum absolute atomic E-state index is 12.0. The summed E-state index contributed by atoms with van der Waals surface area (Å²) < 4.78 is 42.1. The van der Waals surface area contributed by atoms with E-state index in [4.69, 9.17) is 33.2 Å². The van der Waals surface area contributed by atoms with E-state index < -0.39 is 30.1 Å². The van der Waals surface area contributed by atoms with Crippen LogP contribution in [0.2, 0.25) is 0 Å². The largest absolute Gasteiger partial charge is 0.496 e. The third-order valence-corrected chi connectivity index (χ3v) is 6.40. The maximum atomic E-state index is 12.0. The molecule has 0 amide bonds. The molecule has 0 saturated carbocycles. The molecule has 0 N–H and O–H groups in total. The number of rotatable bonds is 7. The molecule has 9 nitrogen and oxygen atoms in total. The number of carbonyl (C=O) groups excluding carboxylic acids is 1. The molecule has 1 fully saturated rings. The number of fused-ring (bicyclic) bond motifs is 3. The molecule has 0 aliphatic carbocycles. The summed E-state index contributed by atoms with van der Waals surface area (Å²) in [7, 11) is 4.70. The van der Waals surface area contributed by atoms with Gasteiger partial charge >= 0.3 is 5.97 Å². The Bertz CT molecular complexity index is 1130. The first-order valence-electron chi connectivity index (χ1n) is 11.6. The van der Waals surface area contributed by atoms with Gasteiger partial charge in [0.15, 0.2) is 6.10 Å². The zero-order valence-corrected chi connectivity index (χ0v) is 20.7. The van der Waals surface area contributed by atoms with Crippen molar-refractivity contribution in [2.75, 3.05) is 28.1 Å². The zero-order valence-electron chi connectivity index (χ0n) is 20.7. The maximum Gasteiger partial charge on any atom is 0.303 e. The molecule has 2 heterocycles. The second-order valence-corrected chi connectivity index (χ2v) is 8.75. The van der Waals surface area contributed by atoms with Gasteiger partial charge in [-0.15, -0.1) is 0 Å². The average Bonchev–Trinajstić information content (AvgIpc) is 2.82. The van der Waals surface area contributed by atoms with Gasteiger partial charge in [-0.3, -0.25) is 4.79 Å². The van der Waals surface area contributed by atoms with Gasteiger partial charge in [-0.25, -0.2) is 0 Å². The predicted octanol–water partition coefficient (Wildman–Crippen LogP) is 3.59. The van der Waals surface area contributed by atoms with Crippen LogP contribution >= 0.6 is 0 Å². The highest BCUT2D eigenvalue weighted by Crippen LogP contribution is 2.55. The number of hydrogen-bond acceptors (Lipinski definition) is 9. The number of nitriles is 1. The van der Waals surface area contributed by atoms with E-state index in [-0.39, 0.29) is 19.3 Å². The number of hydrogen-bond donors (Lipinski definition) is 0. The van der Waals surface area contributed by atoms with Crippen LogP contribution in [0.25, 0.3) is 10.8 Å². The molecule has 1 spiro atoms. The second kappa shape index (κ2) is 10.4. The van der Waals surface area contributed by atoms with E-state index in [1.54, 1.807) is 14.2 Å². The third kappa shape index (κ3) is 4.43. The normalized spacial score (nSPS) is 27.8. The summed E-state index contributed by atoms with van der Waals surface area (Å²) >= 11 is 0. The Labute approximate surface area is 204 Å². The van der Waals surface area contributed by atoms with Crippen molar-refractivity contribution in [3.8, 4) is 17.6 Å². The Morgan fingerprint density at radius 1 is 1.14 bits per heavy atom. The minimum absolute atomic E-state index is 0.0867. The quantitative estimate of drug-likeness (QED) is 0.430. The van der Waals surface area contributed by atoms with Crippen LogP contribution in [-0.2, 0) is 40.7 Å². The van der Waals surface area contributed by atoms with E-state index in [0.29, 0.717) is 29.9 Å². The van der Waals surface area contributed by atoms with E-state index in [9.17, 15) is 10.1 Å². The first-order valence-corrected chi connectivity index (χ1v) is 11.6. The number of nitrogens with zero attached hydrogens (tertiary/aromatic N) is 1. The van der Waals surface area contributed by atoms with Crippen LogP contribution in [0.15, 0.2) is 24.3 Å². The lowest BCUT2D eigenvalue weighted by atomic mass is 9.80. The summed E-state index contributed by atoms with van der Waals surface area (Å²) in [5, 5.41) is 11.2. The number of methoxy groups -OCH3 is 3. The van der Waals surface area contributed by atoms with Crippen molar-refractivity contribution in [3.63, 3.8) is 0 Å². The molecule has 2 aliphatic heterocycles. The molecule has 0 radical (unpaired) electrons. The van der Waals surface area contributed by atoms with Gasteiger partial charge in [-0.1, -0.05) is 24.3 Å². The second-order valence-electron chi connectivity index (χ2n) is 8.75. The van der Waals surface area contributed by atoms with Crippen LogP contribution in [0, 0.1) is 11.3 Å². The molecule has 0 bridgehead atoms. The molecule has 4 rings (SSSR count). The van der Waals surface area contributed by atoms with Crippen molar-refractivity contribution in [2.45, 2.75) is 63.3 Å². The topological polar surface area (TPSA) is 105 Å². The van der Waals surface area contributed by atoms with Gasteiger partial charge in [0.05, 0.1) is 44.5 Å². The standard InChI is InChI=1S/C26H31NO8/c1-15-12-21(33-16(2)28)25(32-14-29-3)26(34-15)22-20(13-17(35-26)10-11-27)23(30-4)18-8-6-7-9-19(18)24(22)31-5/h6-9,15,17,21,25H,10,12-14H2,1-5H3/t15-,17+,21-,25-,26-/m0/s1. The number of ether oxygens (including phenoxy) is 7. The van der Waals surface area contributed by atoms with Crippen LogP contribution in [0.4, 0.5) is 0 Å². The summed E-state index contributed by atoms with van der Waals surface area (Å²) in [6, 6.07) is 9.94. The minimum Gasteiger partial charge on any atom is -0.496 e. The molecule has 0 unspecified atom stereocenters. The molecule has 0 aromatic heterocycles. The van der Waals surface area contributed by atoms with Crippen molar-refractivity contribution < 1.29 is 38.0 Å². The number of carbonyl (C=O) groups is 1. The monoisotopic (exact) mass is 485 g/mol. The Morgan fingerprint density at radius 2 is 1.83 bits per heavy atom. The SMILES string of the molecule is COCO[C@H]1[C@@H](OC(C)=O)C[C@H](C)O[C@@]12O[C@H](CC#N)Cc1c2c(OC)c2ccccc2c1OC. The van der Waals surface area contributed by atoms with Gasteiger partial charge in [0.1, 0.15) is 24.4 Å². The lowest BCUT2D eigenvalue weighted by Gasteiger charge is -2.52. The molecular formula is C26H31NO8. The van der Waals surface area contributed by atoms with Gasteiger partial charge in [0.25, 0.3) is 0 Å². The van der Waals surface area contributed by atoms with Crippen LogP contribution in [0.3, 0.4) is 0 Å². The summed E-state index contributed by atoms with van der Waals surface area (Å²) in [5.41, 5.74) is 1.41. The Kier molecular flexibility index (Phi) is 7.47. The summed E-state index contributed by atoms with van der Waals surface area (Å²) in [6.45, 7) is 3.15. The van der Waals surface area contributed by atoms with Crippen LogP contribution in [0.5, 0.6) is 11.5 Å². The van der Waals surface area contributed by atoms with E-state index in [0.717, 1.165) is 16.3 Å². The molecule has 35 heavy (non-hydrogen) atoms. The summed E-state index contributed by atoms with van der Waals surface area (Å²) in [6.07, 6.45) is -1.56. The highest BCUT2D eigenvalue weighted by Gasteiger charge is 2.59. The highest BCUT2D eigenvalue weighted by molar-refractivity contribution is 5.96. The summed E-state index contributed by atoms with van der Waals surface area (Å²) in [5.74, 6) is -0.793. The molecular weight excluding hydrogens is 454 g/mol. The molecule has 2 aromatic carbocycles. The third-order valence-electron chi connectivity index (χ3n) is 6.40. The molecule has 2 aliphatic rings. The van der Waals surface area contributed by atoms with E-state index in [2.05, 4.69) is 6.07 Å². The van der Waals surface area contributed by atoms with Gasteiger partial charge in [-0.2, -0.15) is 5.26 Å². The van der Waals surface area contributed by atoms with Gasteiger partial charge in [0, 0.05) is 43.2 Å². The molecule has 188 valence electrons. The van der Waals surface area contributed by atoms with Gasteiger partial charge in [-0.05, 0) is 6.92 Å². The van der Waals surface area contributed by atoms with E-state index in [1.807, 2.05) is 31.2 Å². The molecule has 2 aromatic rings. The van der Waals surface area contributed by atoms with Crippen molar-refractivity contribution in [1.82, 2.24) is 0 Å². The van der Waals surface area contributed by atoms with E-state index in [1.165, 1.54) is 14.0 Å². The minimum atomic E-state index is -1.55. The zero-order chi connectivity index (χ0) is 25.2. The van der Waals surface area contributed by atoms with E-state index >= 15 is 0 Å². The first-order chi connectivity index (χ1) is 16.9. The van der Waals surface area contributed by atoms with Crippen molar-refractivity contribution in [1.29, 1.82) is 5.26 Å². The number of esters is 1. The van der Waals surface area contributed by atoms with Crippen LogP contribution in [0.1, 0.15) is 37.8 Å². The molecule has 5 atom stereocenters. The lowest BCUT2D eigenvalue weighted by Crippen LogP contribution is -2.61. The van der Waals surface area contributed by atoms with Crippen molar-refractivity contribution in [3.05, 3.63) is 35.4 Å². The first kappa shape index (κ1) is 25.2. The smallest absolute Gasteiger partial charge is 0.303 e. The van der Waals surface area contributed by atoms with Crippen molar-refractivity contribution in [2.24, 2.45) is 0 Å². The van der Waals surface area contributed by atoms with Gasteiger partial charge < -0.3 is 33.2 Å². The lowest BCUT2D eigenvalue weighted by molar-refractivity contribution is -0.378. The molecule has 1 saturated heterocycles. The fourth-order valence-electron chi connectivity index (χ4n) is 5.31. The number of benzene rings is 2. The predicted molar refractivity (Wildman–Crippen MR) is 125 cm³/mol. The Hall–Kier alpha value is -2.90. The Morgan fingerprint density at radius 3 is 2.43 bits per heavy atom. The fourth-order valence-corrected chi connectivity index (χ4v) is 5.31. The van der Waals surface area contributed by atoms with Crippen LogP contribution < -0.4 is 9.47 Å². The van der Waals surface area contributed by atoms with Gasteiger partial charge in [0.2, 0.25) is 5.79 Å². The fraction of sp³-hybridized carbons (Fsp3) is 0.538. The summed E-state index contributed by atoms with van der Waals surface area (Å²) in [4.78, 5) is 12.0. The highest BCUT2D eigenvalue weighted by atomic mass is 16.8.